The van der Waals surface area contributed by atoms with E-state index in [0.717, 1.165) is 5.56 Å². The lowest BCUT2D eigenvalue weighted by molar-refractivity contribution is -0.140. The molecule has 0 aromatic heterocycles. The number of hydrogen-bond donors (Lipinski definition) is 2. The van der Waals surface area contributed by atoms with E-state index in [4.69, 9.17) is 9.89 Å². The van der Waals surface area contributed by atoms with Gasteiger partial charge >= 0.3 is 5.97 Å². The van der Waals surface area contributed by atoms with E-state index in [2.05, 4.69) is 0 Å². The summed E-state index contributed by atoms with van der Waals surface area (Å²) in [5.74, 6) is -1.85. The number of nitrogens with one attached hydrogen (secondary N) is 1. The minimum absolute atomic E-state index is 0.1000. The summed E-state index contributed by atoms with van der Waals surface area (Å²) in [7, 11) is -2.77. The molecule has 16 heavy (non-hydrogen) atoms. The van der Waals surface area contributed by atoms with E-state index in [9.17, 15) is 9.00 Å². The van der Waals surface area contributed by atoms with Crippen molar-refractivity contribution in [2.45, 2.75) is 6.42 Å². The lowest BCUT2D eigenvalue weighted by Gasteiger charge is -2.12. The lowest BCUT2D eigenvalue weighted by atomic mass is 10.0. The van der Waals surface area contributed by atoms with Crippen LogP contribution in [0.3, 0.4) is 0 Å². The molecule has 0 spiro atoms. The van der Waals surface area contributed by atoms with Gasteiger partial charge in [-0.3, -0.25) is 13.8 Å². The molecule has 0 bridgehead atoms. The van der Waals surface area contributed by atoms with E-state index < -0.39 is 21.6 Å². The van der Waals surface area contributed by atoms with Gasteiger partial charge in [0, 0.05) is 21.7 Å². The van der Waals surface area contributed by atoms with Crippen molar-refractivity contribution in [2.75, 3.05) is 12.0 Å². The van der Waals surface area contributed by atoms with Crippen molar-refractivity contribution in [3.05, 3.63) is 35.9 Å². The zero-order valence-electron chi connectivity index (χ0n) is 9.05. The maximum absolute atomic E-state index is 11.3. The van der Waals surface area contributed by atoms with Crippen LogP contribution in [0.4, 0.5) is 0 Å². The van der Waals surface area contributed by atoms with Crippen LogP contribution in [0.2, 0.25) is 0 Å². The third-order valence-corrected chi connectivity index (χ3v) is 3.23. The fourth-order valence-electron chi connectivity index (χ4n) is 1.50. The summed E-state index contributed by atoms with van der Waals surface area (Å²) in [5, 5.41) is 8.99. The molecule has 0 amide bonds. The monoisotopic (exact) mass is 241 g/mol. The first-order valence-corrected chi connectivity index (χ1v) is 7.00. The van der Waals surface area contributed by atoms with Crippen LogP contribution in [0, 0.1) is 10.7 Å². The average molecular weight is 241 g/mol. The second-order valence-corrected chi connectivity index (χ2v) is 6.24. The Hall–Kier alpha value is -1.36. The predicted molar refractivity (Wildman–Crippen MR) is 62.9 cm³/mol. The molecule has 0 aliphatic carbocycles. The quantitative estimate of drug-likeness (QED) is 0.822. The van der Waals surface area contributed by atoms with Crippen LogP contribution in [0.5, 0.6) is 0 Å². The molecule has 1 rings (SSSR count). The maximum Gasteiger partial charge on any atom is 0.307 e. The third-order valence-electron chi connectivity index (χ3n) is 2.19. The van der Waals surface area contributed by atoms with Crippen molar-refractivity contribution >= 4 is 15.7 Å². The largest absolute Gasteiger partial charge is 0.481 e. The van der Waals surface area contributed by atoms with Gasteiger partial charge in [-0.15, -0.1) is 0 Å². The Balaban J connectivity index is 2.77. The molecular formula is C11H15NO3S. The van der Waals surface area contributed by atoms with Gasteiger partial charge in [-0.2, -0.15) is 0 Å². The molecule has 0 heterocycles. The summed E-state index contributed by atoms with van der Waals surface area (Å²) >= 11 is 0. The Morgan fingerprint density at radius 2 is 2.00 bits per heavy atom. The van der Waals surface area contributed by atoms with Gasteiger partial charge in [0.25, 0.3) is 0 Å². The fourth-order valence-corrected chi connectivity index (χ4v) is 2.53. The third kappa shape index (κ3) is 4.44. The topological polar surface area (TPSA) is 78.2 Å². The molecule has 1 aromatic rings. The van der Waals surface area contributed by atoms with E-state index in [1.807, 2.05) is 30.3 Å². The Morgan fingerprint density at radius 3 is 2.44 bits per heavy atom. The van der Waals surface area contributed by atoms with Crippen LogP contribution in [-0.2, 0) is 20.9 Å². The van der Waals surface area contributed by atoms with Crippen LogP contribution in [0.25, 0.3) is 0 Å². The van der Waals surface area contributed by atoms with Gasteiger partial charge < -0.3 is 5.11 Å². The van der Waals surface area contributed by atoms with Gasteiger partial charge in [-0.1, -0.05) is 30.3 Å². The number of rotatable bonds is 5. The molecule has 0 aliphatic heterocycles. The highest BCUT2D eigenvalue weighted by Gasteiger charge is 2.21. The van der Waals surface area contributed by atoms with Crippen molar-refractivity contribution in [1.29, 1.82) is 4.78 Å². The number of carbonyl (C=O) groups is 1. The van der Waals surface area contributed by atoms with Crippen LogP contribution in [-0.4, -0.2) is 27.3 Å². The normalized spacial score (nSPS) is 16.3. The van der Waals surface area contributed by atoms with Crippen molar-refractivity contribution in [3.63, 3.8) is 0 Å². The highest BCUT2D eigenvalue weighted by molar-refractivity contribution is 7.91. The molecule has 0 radical (unpaired) electrons. The summed E-state index contributed by atoms with van der Waals surface area (Å²) in [6.45, 7) is 0. The van der Waals surface area contributed by atoms with Gasteiger partial charge in [0.15, 0.2) is 0 Å². The minimum atomic E-state index is -2.77. The van der Waals surface area contributed by atoms with Gasteiger partial charge in [0.1, 0.15) is 0 Å². The number of carboxylic acid groups (broad SMARTS) is 1. The van der Waals surface area contributed by atoms with Crippen LogP contribution < -0.4 is 0 Å². The highest BCUT2D eigenvalue weighted by atomic mass is 32.2. The second kappa shape index (κ2) is 5.12. The van der Waals surface area contributed by atoms with E-state index in [-0.39, 0.29) is 5.75 Å². The number of carboxylic acids is 1. The first kappa shape index (κ1) is 12.7. The molecule has 88 valence electrons. The summed E-state index contributed by atoms with van der Waals surface area (Å²) in [6, 6.07) is 9.18. The molecule has 2 unspecified atom stereocenters. The minimum Gasteiger partial charge on any atom is -0.481 e. The van der Waals surface area contributed by atoms with Gasteiger partial charge in [0.2, 0.25) is 0 Å². The van der Waals surface area contributed by atoms with Gasteiger partial charge in [0.05, 0.1) is 5.92 Å². The molecule has 2 atom stereocenters. The SMILES string of the molecule is CS(=N)(=O)CC(Cc1ccccc1)C(=O)O. The van der Waals surface area contributed by atoms with Crippen LogP contribution in [0.1, 0.15) is 5.56 Å². The zero-order chi connectivity index (χ0) is 12.2. The molecular weight excluding hydrogens is 226 g/mol. The molecule has 1 aromatic carbocycles. The Kier molecular flexibility index (Phi) is 4.06. The summed E-state index contributed by atoms with van der Waals surface area (Å²) < 4.78 is 18.6. The molecule has 2 N–H and O–H groups in total. The number of benzene rings is 1. The highest BCUT2D eigenvalue weighted by Crippen LogP contribution is 2.11. The average Bonchev–Trinajstić information content (AvgIpc) is 2.16. The summed E-state index contributed by atoms with van der Waals surface area (Å²) in [6.07, 6.45) is 1.59. The lowest BCUT2D eigenvalue weighted by Crippen LogP contribution is -2.24. The van der Waals surface area contributed by atoms with Crippen molar-refractivity contribution < 1.29 is 14.1 Å². The predicted octanol–water partition coefficient (Wildman–Crippen LogP) is 1.61. The van der Waals surface area contributed by atoms with Crippen molar-refractivity contribution in [2.24, 2.45) is 5.92 Å². The standard InChI is InChI=1S/C11H15NO3S/c1-16(12,15)8-10(11(13)14)7-9-5-3-2-4-6-9/h2-6,10,12H,7-8H2,1H3,(H,13,14). The first-order valence-electron chi connectivity index (χ1n) is 4.86. The molecule has 5 heteroatoms. The Labute approximate surface area is 95.3 Å². The fraction of sp³-hybridized carbons (Fsp3) is 0.364. The molecule has 0 aliphatic rings. The van der Waals surface area contributed by atoms with Crippen molar-refractivity contribution in [1.82, 2.24) is 0 Å². The molecule has 0 saturated carbocycles. The maximum atomic E-state index is 11.3. The summed E-state index contributed by atoms with van der Waals surface area (Å²) in [5.41, 5.74) is 0.888. The summed E-state index contributed by atoms with van der Waals surface area (Å²) in [4.78, 5) is 11.0. The van der Waals surface area contributed by atoms with Crippen LogP contribution in [0.15, 0.2) is 30.3 Å². The Morgan fingerprint density at radius 1 is 1.44 bits per heavy atom. The smallest absolute Gasteiger partial charge is 0.307 e. The van der Waals surface area contributed by atoms with E-state index in [1.54, 1.807) is 0 Å². The van der Waals surface area contributed by atoms with Crippen LogP contribution >= 0.6 is 0 Å². The van der Waals surface area contributed by atoms with Gasteiger partial charge in [-0.05, 0) is 12.0 Å². The van der Waals surface area contributed by atoms with E-state index in [1.165, 1.54) is 6.26 Å². The molecule has 0 fully saturated rings. The van der Waals surface area contributed by atoms with Gasteiger partial charge in [-0.25, -0.2) is 0 Å². The van der Waals surface area contributed by atoms with E-state index >= 15 is 0 Å². The number of aliphatic carboxylic acids is 1. The number of hydrogen-bond acceptors (Lipinski definition) is 3. The first-order chi connectivity index (χ1) is 7.38. The molecule has 0 saturated heterocycles. The zero-order valence-corrected chi connectivity index (χ0v) is 9.87. The second-order valence-electron chi connectivity index (χ2n) is 3.90. The Bertz CT molecular complexity index is 453. The van der Waals surface area contributed by atoms with E-state index in [0.29, 0.717) is 6.42 Å². The van der Waals surface area contributed by atoms with Crippen molar-refractivity contribution in [3.8, 4) is 0 Å². The molecule has 4 nitrogen and oxygen atoms in total.